The van der Waals surface area contributed by atoms with Gasteiger partial charge in [0.2, 0.25) is 11.3 Å². The Hall–Kier alpha value is -2.65. The van der Waals surface area contributed by atoms with Crippen LogP contribution in [0.25, 0.3) is 11.0 Å². The molecule has 3 heterocycles. The van der Waals surface area contributed by atoms with Crippen molar-refractivity contribution in [2.75, 3.05) is 51.3 Å². The van der Waals surface area contributed by atoms with Gasteiger partial charge in [0.25, 0.3) is 0 Å². The van der Waals surface area contributed by atoms with Gasteiger partial charge in [0.05, 0.1) is 25.3 Å². The highest BCUT2D eigenvalue weighted by Crippen LogP contribution is 2.13. The number of pyridine rings is 2. The first-order valence-electron chi connectivity index (χ1n) is 8.67. The minimum Gasteiger partial charge on any atom is -0.478 e. The lowest BCUT2D eigenvalue weighted by atomic mass is 10.3. The lowest BCUT2D eigenvalue weighted by Crippen LogP contribution is -2.42. The summed E-state index contributed by atoms with van der Waals surface area (Å²) in [5.41, 5.74) is 0.588. The van der Waals surface area contributed by atoms with E-state index in [2.05, 4.69) is 25.5 Å². The molecule has 2 amide bonds. The Kier molecular flexibility index (Phi) is 6.03. The van der Waals surface area contributed by atoms with Crippen molar-refractivity contribution in [1.82, 2.24) is 20.2 Å². The van der Waals surface area contributed by atoms with Crippen LogP contribution < -0.4 is 20.8 Å². The Balaban J connectivity index is 1.61. The predicted octanol–water partition coefficient (Wildman–Crippen LogP) is 0.775. The molecule has 1 saturated heterocycles. The molecule has 2 aromatic rings. The van der Waals surface area contributed by atoms with E-state index in [-0.39, 0.29) is 16.6 Å². The number of anilines is 1. The number of H-pyrrole nitrogens is 1. The molecular weight excluding hydrogens is 338 g/mol. The van der Waals surface area contributed by atoms with Crippen LogP contribution in [0.5, 0.6) is 5.88 Å². The molecule has 0 radical (unpaired) electrons. The molecule has 3 N–H and O–H groups in total. The number of carbonyl (C=O) groups excluding carboxylic acids is 1. The molecule has 3 rings (SSSR count). The highest BCUT2D eigenvalue weighted by molar-refractivity contribution is 5.91. The second kappa shape index (κ2) is 8.63. The topological polar surface area (TPSA) is 109 Å². The SMILES string of the molecule is CCOc1ccc2[nH]cc(NC(=O)NCCN3CCOCC3)c(=O)c2n1. The second-order valence-corrected chi connectivity index (χ2v) is 5.85. The number of amides is 2. The third-order valence-electron chi connectivity index (χ3n) is 4.06. The lowest BCUT2D eigenvalue weighted by Gasteiger charge is -2.26. The molecule has 9 nitrogen and oxygen atoms in total. The van der Waals surface area contributed by atoms with Gasteiger partial charge in [-0.1, -0.05) is 0 Å². The van der Waals surface area contributed by atoms with Crippen LogP contribution >= 0.6 is 0 Å². The summed E-state index contributed by atoms with van der Waals surface area (Å²) in [5.74, 6) is 0.373. The summed E-state index contributed by atoms with van der Waals surface area (Å²) in [7, 11) is 0. The van der Waals surface area contributed by atoms with E-state index in [1.807, 2.05) is 6.92 Å². The molecule has 26 heavy (non-hydrogen) atoms. The summed E-state index contributed by atoms with van der Waals surface area (Å²) in [6.07, 6.45) is 1.47. The number of carbonyl (C=O) groups is 1. The van der Waals surface area contributed by atoms with Crippen LogP contribution in [-0.2, 0) is 4.74 Å². The number of urea groups is 1. The number of nitrogens with one attached hydrogen (secondary N) is 3. The fraction of sp³-hybridized carbons (Fsp3) is 0.471. The Morgan fingerprint density at radius 2 is 2.19 bits per heavy atom. The normalized spacial score (nSPS) is 15.0. The van der Waals surface area contributed by atoms with E-state index in [4.69, 9.17) is 9.47 Å². The zero-order valence-corrected chi connectivity index (χ0v) is 14.7. The van der Waals surface area contributed by atoms with Gasteiger partial charge in [-0.2, -0.15) is 0 Å². The van der Waals surface area contributed by atoms with Crippen molar-refractivity contribution >= 4 is 22.8 Å². The second-order valence-electron chi connectivity index (χ2n) is 5.85. The lowest BCUT2D eigenvalue weighted by molar-refractivity contribution is 0.0388. The molecule has 0 unspecified atom stereocenters. The molecule has 0 aliphatic carbocycles. The maximum Gasteiger partial charge on any atom is 0.319 e. The number of aromatic nitrogens is 2. The first kappa shape index (κ1) is 18.2. The Morgan fingerprint density at radius 1 is 1.38 bits per heavy atom. The first-order chi connectivity index (χ1) is 12.7. The maximum absolute atomic E-state index is 12.5. The number of ether oxygens (including phenoxy) is 2. The van der Waals surface area contributed by atoms with Crippen LogP contribution in [0.2, 0.25) is 0 Å². The van der Waals surface area contributed by atoms with E-state index < -0.39 is 6.03 Å². The van der Waals surface area contributed by atoms with Crippen molar-refractivity contribution < 1.29 is 14.3 Å². The number of morpholine rings is 1. The third kappa shape index (κ3) is 4.50. The highest BCUT2D eigenvalue weighted by atomic mass is 16.5. The highest BCUT2D eigenvalue weighted by Gasteiger charge is 2.12. The van der Waals surface area contributed by atoms with Gasteiger partial charge in [0.1, 0.15) is 11.2 Å². The largest absolute Gasteiger partial charge is 0.478 e. The molecule has 2 aromatic heterocycles. The summed E-state index contributed by atoms with van der Waals surface area (Å²) >= 11 is 0. The third-order valence-corrected chi connectivity index (χ3v) is 4.06. The van der Waals surface area contributed by atoms with Crippen LogP contribution in [0, 0.1) is 0 Å². The molecule has 1 aliphatic heterocycles. The molecule has 1 fully saturated rings. The summed E-state index contributed by atoms with van der Waals surface area (Å²) < 4.78 is 10.6. The summed E-state index contributed by atoms with van der Waals surface area (Å²) in [6, 6.07) is 2.98. The molecule has 0 bridgehead atoms. The van der Waals surface area contributed by atoms with Crippen molar-refractivity contribution in [1.29, 1.82) is 0 Å². The number of hydrogen-bond acceptors (Lipinski definition) is 6. The molecule has 1 aliphatic rings. The van der Waals surface area contributed by atoms with E-state index in [0.29, 0.717) is 24.5 Å². The van der Waals surface area contributed by atoms with E-state index in [1.165, 1.54) is 6.20 Å². The Bertz CT molecular complexity index is 816. The zero-order valence-electron chi connectivity index (χ0n) is 14.7. The molecular formula is C17H23N5O4. The minimum absolute atomic E-state index is 0.141. The number of rotatable bonds is 6. The van der Waals surface area contributed by atoms with Gasteiger partial charge in [-0.25, -0.2) is 9.78 Å². The number of hydrogen-bond donors (Lipinski definition) is 3. The quantitative estimate of drug-likeness (QED) is 0.701. The van der Waals surface area contributed by atoms with E-state index in [9.17, 15) is 9.59 Å². The Labute approximate surface area is 150 Å². The smallest absolute Gasteiger partial charge is 0.319 e. The molecule has 0 spiro atoms. The van der Waals surface area contributed by atoms with Crippen molar-refractivity contribution in [2.24, 2.45) is 0 Å². The van der Waals surface area contributed by atoms with Gasteiger partial charge in [0.15, 0.2) is 0 Å². The van der Waals surface area contributed by atoms with Gasteiger partial charge in [-0.05, 0) is 13.0 Å². The van der Waals surface area contributed by atoms with Crippen LogP contribution in [0.15, 0.2) is 23.1 Å². The molecule has 140 valence electrons. The fourth-order valence-corrected chi connectivity index (χ4v) is 2.71. The van der Waals surface area contributed by atoms with Gasteiger partial charge >= 0.3 is 6.03 Å². The average molecular weight is 361 g/mol. The van der Waals surface area contributed by atoms with Crippen molar-refractivity contribution in [3.8, 4) is 5.88 Å². The standard InChI is InChI=1S/C17H23N5O4/c1-2-26-14-4-3-12-15(21-14)16(23)13(11-19-12)20-17(24)18-5-6-22-7-9-25-10-8-22/h3-4,11H,2,5-10H2,1H3,(H,19,23)(H2,18,20,24). The number of fused-ring (bicyclic) bond motifs is 1. The van der Waals surface area contributed by atoms with Crippen LogP contribution in [-0.4, -0.2) is 66.9 Å². The molecule has 0 aromatic carbocycles. The predicted molar refractivity (Wildman–Crippen MR) is 97.8 cm³/mol. The van der Waals surface area contributed by atoms with Crippen molar-refractivity contribution in [3.05, 3.63) is 28.6 Å². The van der Waals surface area contributed by atoms with Gasteiger partial charge in [-0.3, -0.25) is 9.69 Å². The number of nitrogens with zero attached hydrogens (tertiary/aromatic N) is 2. The average Bonchev–Trinajstić information content (AvgIpc) is 2.65. The van der Waals surface area contributed by atoms with Crippen LogP contribution in [0.3, 0.4) is 0 Å². The maximum atomic E-state index is 12.5. The van der Waals surface area contributed by atoms with Crippen molar-refractivity contribution in [3.63, 3.8) is 0 Å². The van der Waals surface area contributed by atoms with Gasteiger partial charge in [0, 0.05) is 38.4 Å². The monoisotopic (exact) mass is 361 g/mol. The summed E-state index contributed by atoms with van der Waals surface area (Å²) in [4.78, 5) is 34.0. The Morgan fingerprint density at radius 3 is 2.96 bits per heavy atom. The minimum atomic E-state index is -0.427. The van der Waals surface area contributed by atoms with Gasteiger partial charge in [-0.15, -0.1) is 0 Å². The molecule has 0 saturated carbocycles. The van der Waals surface area contributed by atoms with Crippen LogP contribution in [0.1, 0.15) is 6.92 Å². The van der Waals surface area contributed by atoms with Crippen molar-refractivity contribution in [2.45, 2.75) is 6.92 Å². The van der Waals surface area contributed by atoms with E-state index in [1.54, 1.807) is 12.1 Å². The van der Waals surface area contributed by atoms with E-state index in [0.717, 1.165) is 32.8 Å². The summed E-state index contributed by atoms with van der Waals surface area (Å²) in [6.45, 7) is 6.69. The first-order valence-corrected chi connectivity index (χ1v) is 8.67. The van der Waals surface area contributed by atoms with E-state index >= 15 is 0 Å². The van der Waals surface area contributed by atoms with Gasteiger partial charge < -0.3 is 25.1 Å². The number of aromatic amines is 1. The summed E-state index contributed by atoms with van der Waals surface area (Å²) in [5, 5.41) is 5.33. The molecule has 9 heteroatoms. The fourth-order valence-electron chi connectivity index (χ4n) is 2.71. The zero-order chi connectivity index (χ0) is 18.4. The van der Waals surface area contributed by atoms with Crippen LogP contribution in [0.4, 0.5) is 10.5 Å². The molecule has 0 atom stereocenters.